The van der Waals surface area contributed by atoms with E-state index in [1.807, 2.05) is 72.1 Å². The van der Waals surface area contributed by atoms with E-state index in [-0.39, 0.29) is 23.4 Å². The van der Waals surface area contributed by atoms with Gasteiger partial charge in [0, 0.05) is 36.9 Å². The van der Waals surface area contributed by atoms with Crippen molar-refractivity contribution in [3.63, 3.8) is 0 Å². The van der Waals surface area contributed by atoms with E-state index >= 15 is 0 Å². The molecule has 0 unspecified atom stereocenters. The maximum absolute atomic E-state index is 13.7. The number of hydrogen-bond donors (Lipinski definition) is 0. The molecular weight excluding hydrogens is 422 g/mol. The molecule has 1 heterocycles. The molecule has 3 aromatic rings. The van der Waals surface area contributed by atoms with Gasteiger partial charge < -0.3 is 9.47 Å². The Morgan fingerprint density at radius 3 is 2.50 bits per heavy atom. The van der Waals surface area contributed by atoms with E-state index in [9.17, 15) is 13.2 Å². The second-order valence-corrected chi connectivity index (χ2v) is 10.4. The van der Waals surface area contributed by atoms with Crippen molar-refractivity contribution in [1.29, 1.82) is 0 Å². The van der Waals surface area contributed by atoms with Gasteiger partial charge in [-0.25, -0.2) is 8.42 Å². The van der Waals surface area contributed by atoms with Crippen LogP contribution in [0.25, 0.3) is 10.8 Å². The number of fused-ring (bicyclic) bond motifs is 1. The van der Waals surface area contributed by atoms with E-state index in [2.05, 4.69) is 0 Å². The zero-order valence-corrected chi connectivity index (χ0v) is 19.6. The summed E-state index contributed by atoms with van der Waals surface area (Å²) in [6.45, 7) is 2.72. The quantitative estimate of drug-likeness (QED) is 0.463. The first kappa shape index (κ1) is 22.6. The average molecular weight is 454 g/mol. The van der Waals surface area contributed by atoms with Gasteiger partial charge in [-0.1, -0.05) is 49.7 Å². The van der Waals surface area contributed by atoms with Crippen molar-refractivity contribution in [3.05, 3.63) is 66.5 Å². The normalized spacial score (nSPS) is 14.2. The number of nitrogens with zero attached hydrogens (tertiary/aromatic N) is 3. The van der Waals surface area contributed by atoms with Crippen LogP contribution in [0.15, 0.2) is 65.7 Å². The van der Waals surface area contributed by atoms with Crippen molar-refractivity contribution < 1.29 is 13.2 Å². The summed E-state index contributed by atoms with van der Waals surface area (Å²) in [4.78, 5) is 15.5. The van der Waals surface area contributed by atoms with Crippen molar-refractivity contribution in [2.45, 2.75) is 50.1 Å². The minimum atomic E-state index is -3.82. The van der Waals surface area contributed by atoms with Crippen molar-refractivity contribution >= 4 is 26.7 Å². The summed E-state index contributed by atoms with van der Waals surface area (Å²) in [6.07, 6.45) is 5.47. The Morgan fingerprint density at radius 1 is 1.06 bits per heavy atom. The molecule has 1 amide bonds. The van der Waals surface area contributed by atoms with E-state index in [1.165, 1.54) is 4.31 Å². The number of rotatable bonds is 10. The van der Waals surface area contributed by atoms with Gasteiger partial charge in [-0.15, -0.1) is 0 Å². The largest absolute Gasteiger partial charge is 0.353 e. The van der Waals surface area contributed by atoms with Gasteiger partial charge in [0.1, 0.15) is 0 Å². The summed E-state index contributed by atoms with van der Waals surface area (Å²) in [5, 5.41) is 1.56. The van der Waals surface area contributed by atoms with Crippen LogP contribution in [-0.2, 0) is 28.4 Å². The molecule has 0 N–H and O–H groups in total. The fourth-order valence-corrected chi connectivity index (χ4v) is 5.70. The van der Waals surface area contributed by atoms with Crippen LogP contribution in [0.2, 0.25) is 0 Å². The second-order valence-electron chi connectivity index (χ2n) is 8.53. The number of aromatic nitrogens is 1. The molecule has 0 spiro atoms. The average Bonchev–Trinajstić information content (AvgIpc) is 3.55. The Balaban J connectivity index is 1.62. The molecule has 0 saturated heterocycles. The van der Waals surface area contributed by atoms with Gasteiger partial charge in [0.05, 0.1) is 18.0 Å². The van der Waals surface area contributed by atoms with Crippen LogP contribution in [0.1, 0.15) is 38.3 Å². The molecule has 170 valence electrons. The maximum atomic E-state index is 13.7. The Labute approximate surface area is 190 Å². The van der Waals surface area contributed by atoms with Gasteiger partial charge in [-0.2, -0.15) is 4.31 Å². The summed E-state index contributed by atoms with van der Waals surface area (Å²) >= 11 is 0. The highest BCUT2D eigenvalue weighted by molar-refractivity contribution is 7.89. The number of sulfonamides is 1. The first-order valence-corrected chi connectivity index (χ1v) is 12.7. The second kappa shape index (κ2) is 9.46. The number of amides is 1. The lowest BCUT2D eigenvalue weighted by molar-refractivity contribution is -0.132. The van der Waals surface area contributed by atoms with Crippen LogP contribution in [0.3, 0.4) is 0 Å². The van der Waals surface area contributed by atoms with E-state index in [1.54, 1.807) is 12.1 Å². The van der Waals surface area contributed by atoms with Gasteiger partial charge in [-0.05, 0) is 42.8 Å². The van der Waals surface area contributed by atoms with E-state index in [0.717, 1.165) is 30.3 Å². The standard InChI is InChI=1S/C25H31N3O3S/c1-3-4-17-27(32(30,31)24-13-7-10-20-9-5-6-12-23(20)24)19-25(29)28(21-14-15-21)18-22-11-8-16-26(22)2/h5-13,16,21H,3-4,14-15,17-19H2,1-2H3. The Bertz CT molecular complexity index is 1190. The van der Waals surface area contributed by atoms with Crippen LogP contribution in [0.5, 0.6) is 0 Å². The van der Waals surface area contributed by atoms with Gasteiger partial charge in [0.2, 0.25) is 15.9 Å². The van der Waals surface area contributed by atoms with Crippen LogP contribution < -0.4 is 0 Å². The van der Waals surface area contributed by atoms with Crippen LogP contribution in [0, 0.1) is 0 Å². The van der Waals surface area contributed by atoms with E-state index < -0.39 is 10.0 Å². The first-order valence-electron chi connectivity index (χ1n) is 11.3. The number of carbonyl (C=O) groups excluding carboxylic acids is 1. The molecule has 0 aliphatic heterocycles. The number of hydrogen-bond acceptors (Lipinski definition) is 3. The summed E-state index contributed by atoms with van der Waals surface area (Å²) in [6, 6.07) is 17.0. The molecule has 7 heteroatoms. The highest BCUT2D eigenvalue weighted by Gasteiger charge is 2.36. The molecule has 2 aromatic carbocycles. The lowest BCUT2D eigenvalue weighted by Crippen LogP contribution is -2.44. The zero-order valence-electron chi connectivity index (χ0n) is 18.8. The summed E-state index contributed by atoms with van der Waals surface area (Å²) < 4.78 is 30.8. The van der Waals surface area contributed by atoms with Crippen LogP contribution in [-0.4, -0.2) is 47.2 Å². The maximum Gasteiger partial charge on any atom is 0.244 e. The monoisotopic (exact) mass is 453 g/mol. The molecule has 6 nitrogen and oxygen atoms in total. The highest BCUT2D eigenvalue weighted by Crippen LogP contribution is 2.30. The molecule has 1 aliphatic rings. The lowest BCUT2D eigenvalue weighted by Gasteiger charge is -2.28. The molecule has 1 aromatic heterocycles. The Kier molecular flexibility index (Phi) is 6.67. The number of unbranched alkanes of at least 4 members (excludes halogenated alkanes) is 1. The SMILES string of the molecule is CCCCN(CC(=O)N(Cc1cccn1C)C1CC1)S(=O)(=O)c1cccc2ccccc12. The minimum Gasteiger partial charge on any atom is -0.353 e. The molecule has 0 radical (unpaired) electrons. The van der Waals surface area contributed by atoms with Gasteiger partial charge in [-0.3, -0.25) is 4.79 Å². The Morgan fingerprint density at radius 2 is 1.81 bits per heavy atom. The van der Waals surface area contributed by atoms with E-state index in [0.29, 0.717) is 24.9 Å². The molecule has 4 rings (SSSR count). The first-order chi connectivity index (χ1) is 15.4. The topological polar surface area (TPSA) is 62.6 Å². The van der Waals surface area contributed by atoms with Crippen molar-refractivity contribution in [2.75, 3.05) is 13.1 Å². The predicted molar refractivity (Wildman–Crippen MR) is 127 cm³/mol. The number of carbonyl (C=O) groups is 1. The summed E-state index contributed by atoms with van der Waals surface area (Å²) in [5.74, 6) is -0.131. The third kappa shape index (κ3) is 4.74. The molecule has 32 heavy (non-hydrogen) atoms. The summed E-state index contributed by atoms with van der Waals surface area (Å²) in [5.41, 5.74) is 1.04. The number of benzene rings is 2. The van der Waals surface area contributed by atoms with Crippen molar-refractivity contribution in [2.24, 2.45) is 7.05 Å². The van der Waals surface area contributed by atoms with Gasteiger partial charge >= 0.3 is 0 Å². The summed E-state index contributed by atoms with van der Waals surface area (Å²) in [7, 11) is -1.86. The van der Waals surface area contributed by atoms with E-state index in [4.69, 9.17) is 0 Å². The zero-order chi connectivity index (χ0) is 22.7. The van der Waals surface area contributed by atoms with Crippen molar-refractivity contribution in [1.82, 2.24) is 13.8 Å². The van der Waals surface area contributed by atoms with Gasteiger partial charge in [0.15, 0.2) is 0 Å². The minimum absolute atomic E-state index is 0.131. The third-order valence-electron chi connectivity index (χ3n) is 6.13. The fraction of sp³-hybridized carbons (Fsp3) is 0.400. The van der Waals surface area contributed by atoms with Crippen molar-refractivity contribution in [3.8, 4) is 0 Å². The molecular formula is C25H31N3O3S. The van der Waals surface area contributed by atoms with Crippen LogP contribution >= 0.6 is 0 Å². The molecule has 0 atom stereocenters. The smallest absolute Gasteiger partial charge is 0.244 e. The Hall–Kier alpha value is -2.64. The molecule has 1 saturated carbocycles. The number of aryl methyl sites for hydroxylation is 1. The molecule has 0 bridgehead atoms. The predicted octanol–water partition coefficient (Wildman–Crippen LogP) is 4.16. The third-order valence-corrected chi connectivity index (χ3v) is 8.04. The fourth-order valence-electron chi connectivity index (χ4n) is 4.06. The lowest BCUT2D eigenvalue weighted by atomic mass is 10.1. The molecule has 1 fully saturated rings. The highest BCUT2D eigenvalue weighted by atomic mass is 32.2. The molecule has 1 aliphatic carbocycles. The van der Waals surface area contributed by atoms with Gasteiger partial charge in [0.25, 0.3) is 0 Å². The van der Waals surface area contributed by atoms with Crippen LogP contribution in [0.4, 0.5) is 0 Å².